The molecule has 2 aliphatic rings. The largest absolute Gasteiger partial charge is 0.458 e. The van der Waals surface area contributed by atoms with E-state index >= 15 is 0 Å². The molecular weight excluding hydrogens is 547 g/mol. The van der Waals surface area contributed by atoms with Crippen LogP contribution in [0.2, 0.25) is 0 Å². The third-order valence-corrected chi connectivity index (χ3v) is 9.58. The Kier molecular flexibility index (Phi) is 5.12. The number of hydrogen-bond acceptors (Lipinski definition) is 2. The van der Waals surface area contributed by atoms with Crippen molar-refractivity contribution in [2.45, 2.75) is 0 Å². The summed E-state index contributed by atoms with van der Waals surface area (Å²) < 4.78 is 13.3. The molecule has 2 heterocycles. The quantitative estimate of drug-likeness (QED) is 0.152. The van der Waals surface area contributed by atoms with Crippen LogP contribution in [0.25, 0.3) is 54.6 Å². The van der Waals surface area contributed by atoms with Gasteiger partial charge in [0.2, 0.25) is 0 Å². The van der Waals surface area contributed by atoms with E-state index in [0.717, 1.165) is 39.5 Å². The zero-order chi connectivity index (χ0) is 29.5. The fourth-order valence-electron chi connectivity index (χ4n) is 7.71. The maximum absolute atomic E-state index is 6.75. The minimum absolute atomic E-state index is 0.0118. The van der Waals surface area contributed by atoms with Gasteiger partial charge < -0.3 is 9.47 Å². The molecule has 0 fully saturated rings. The van der Waals surface area contributed by atoms with Crippen molar-refractivity contribution in [3.05, 3.63) is 152 Å². The first-order valence-corrected chi connectivity index (χ1v) is 15.5. The first kappa shape index (κ1) is 24.6. The number of ether oxygens (including phenoxy) is 2. The van der Waals surface area contributed by atoms with Gasteiger partial charge in [-0.3, -0.25) is 0 Å². The highest BCUT2D eigenvalue weighted by Gasteiger charge is 2.41. The lowest BCUT2D eigenvalue weighted by Crippen LogP contribution is -2.57. The van der Waals surface area contributed by atoms with E-state index in [2.05, 4.69) is 146 Å². The lowest BCUT2D eigenvalue weighted by atomic mass is 9.34. The molecule has 0 radical (unpaired) electrons. The van der Waals surface area contributed by atoms with Crippen LogP contribution in [0, 0.1) is 0 Å². The molecule has 10 rings (SSSR count). The minimum Gasteiger partial charge on any atom is -0.458 e. The van der Waals surface area contributed by atoms with E-state index in [0.29, 0.717) is 0 Å². The van der Waals surface area contributed by atoms with Crippen LogP contribution in [0.1, 0.15) is 0 Å². The summed E-state index contributed by atoms with van der Waals surface area (Å²) in [5.74, 6) is 3.52. The molecule has 2 aliphatic heterocycles. The molecule has 0 atom stereocenters. The smallest absolute Gasteiger partial charge is 0.261 e. The van der Waals surface area contributed by atoms with Gasteiger partial charge in [0.05, 0.1) is 0 Å². The van der Waals surface area contributed by atoms with Gasteiger partial charge >= 0.3 is 0 Å². The summed E-state index contributed by atoms with van der Waals surface area (Å²) >= 11 is 0. The molecule has 0 N–H and O–H groups in total. The van der Waals surface area contributed by atoms with Crippen LogP contribution >= 0.6 is 0 Å². The summed E-state index contributed by atoms with van der Waals surface area (Å²) in [5, 5.41) is 7.38. The van der Waals surface area contributed by atoms with E-state index in [1.54, 1.807) is 0 Å². The van der Waals surface area contributed by atoms with Crippen LogP contribution < -0.4 is 25.9 Å². The second kappa shape index (κ2) is 9.35. The summed E-state index contributed by atoms with van der Waals surface area (Å²) in [4.78, 5) is 0. The number of benzene rings is 8. The summed E-state index contributed by atoms with van der Waals surface area (Å²) in [6.07, 6.45) is 0. The lowest BCUT2D eigenvalue weighted by molar-refractivity contribution is 0.465. The normalized spacial score (nSPS) is 12.8. The van der Waals surface area contributed by atoms with Gasteiger partial charge in [0.15, 0.2) is 0 Å². The molecule has 0 unspecified atom stereocenters. The van der Waals surface area contributed by atoms with E-state index < -0.39 is 0 Å². The van der Waals surface area contributed by atoms with Crippen LogP contribution in [-0.4, -0.2) is 6.71 Å². The predicted molar refractivity (Wildman–Crippen MR) is 188 cm³/mol. The van der Waals surface area contributed by atoms with Crippen molar-refractivity contribution in [1.82, 2.24) is 0 Å². The summed E-state index contributed by atoms with van der Waals surface area (Å²) in [6, 6.07) is 54.2. The molecule has 0 saturated carbocycles. The highest BCUT2D eigenvalue weighted by molar-refractivity contribution is 6.99. The van der Waals surface area contributed by atoms with Gasteiger partial charge in [-0.05, 0) is 89.8 Å². The van der Waals surface area contributed by atoms with E-state index in [9.17, 15) is 0 Å². The molecular formula is C42H25BO2. The lowest BCUT2D eigenvalue weighted by Gasteiger charge is -2.33. The summed E-state index contributed by atoms with van der Waals surface area (Å²) in [5.41, 5.74) is 8.33. The van der Waals surface area contributed by atoms with Crippen molar-refractivity contribution in [3.63, 3.8) is 0 Å². The molecule has 45 heavy (non-hydrogen) atoms. The molecule has 3 heteroatoms. The highest BCUT2D eigenvalue weighted by Crippen LogP contribution is 2.45. The zero-order valence-electron chi connectivity index (χ0n) is 24.3. The maximum Gasteiger partial charge on any atom is 0.261 e. The van der Waals surface area contributed by atoms with Crippen LogP contribution in [0.4, 0.5) is 0 Å². The summed E-state index contributed by atoms with van der Waals surface area (Å²) in [7, 11) is 0. The standard InChI is InChI=1S/C42H25BO2/c1-2-12-27(13-3-1)39-30-15-6-8-17-32(30)40(33-18-9-7-16-31(33)39)28-21-23-34-38(25-28)45-36-20-10-19-35-42(36)43(34)41-29-14-5-4-11-26(29)22-24-37(41)44-35/h1-25H. The van der Waals surface area contributed by atoms with E-state index in [4.69, 9.17) is 9.47 Å². The molecule has 8 aromatic carbocycles. The summed E-state index contributed by atoms with van der Waals surface area (Å²) in [6.45, 7) is 0.0118. The van der Waals surface area contributed by atoms with Crippen LogP contribution in [0.5, 0.6) is 23.0 Å². The van der Waals surface area contributed by atoms with Crippen molar-refractivity contribution in [3.8, 4) is 45.3 Å². The van der Waals surface area contributed by atoms with Gasteiger partial charge in [-0.25, -0.2) is 0 Å². The van der Waals surface area contributed by atoms with Crippen LogP contribution in [0.3, 0.4) is 0 Å². The molecule has 0 saturated heterocycles. The SMILES string of the molecule is c1ccc(-c2c3ccccc3c(-c3ccc4c(c3)Oc3cccc5c3B4c3c(ccc4ccccc34)O5)c3ccccc23)cc1. The average Bonchev–Trinajstić information content (AvgIpc) is 3.10. The zero-order valence-corrected chi connectivity index (χ0v) is 24.3. The Morgan fingerprint density at radius 3 is 1.60 bits per heavy atom. The highest BCUT2D eigenvalue weighted by atomic mass is 16.5. The Morgan fingerprint density at radius 2 is 0.911 bits per heavy atom. The van der Waals surface area contributed by atoms with Crippen molar-refractivity contribution < 1.29 is 9.47 Å². The maximum atomic E-state index is 6.75. The molecule has 8 aromatic rings. The van der Waals surface area contributed by atoms with E-state index in [1.165, 1.54) is 54.5 Å². The molecule has 2 nitrogen and oxygen atoms in total. The first-order valence-electron chi connectivity index (χ1n) is 15.5. The Morgan fingerprint density at radius 1 is 0.356 bits per heavy atom. The Bertz CT molecular complexity index is 2440. The van der Waals surface area contributed by atoms with Gasteiger partial charge in [-0.1, -0.05) is 127 Å². The van der Waals surface area contributed by atoms with Crippen molar-refractivity contribution in [2.24, 2.45) is 0 Å². The van der Waals surface area contributed by atoms with Gasteiger partial charge in [-0.2, -0.15) is 0 Å². The Labute approximate surface area is 261 Å². The average molecular weight is 572 g/mol. The second-order valence-corrected chi connectivity index (χ2v) is 12.0. The van der Waals surface area contributed by atoms with Crippen LogP contribution in [0.15, 0.2) is 152 Å². The van der Waals surface area contributed by atoms with E-state index in [-0.39, 0.29) is 6.71 Å². The molecule has 0 aromatic heterocycles. The fraction of sp³-hybridized carbons (Fsp3) is 0. The van der Waals surface area contributed by atoms with Crippen molar-refractivity contribution in [1.29, 1.82) is 0 Å². The van der Waals surface area contributed by atoms with Gasteiger partial charge in [0.1, 0.15) is 23.0 Å². The van der Waals surface area contributed by atoms with Crippen molar-refractivity contribution in [2.75, 3.05) is 0 Å². The van der Waals surface area contributed by atoms with Gasteiger partial charge in [-0.15, -0.1) is 0 Å². The number of fused-ring (bicyclic) bond motifs is 8. The molecule has 0 bridgehead atoms. The topological polar surface area (TPSA) is 18.5 Å². The Balaban J connectivity index is 1.24. The third kappa shape index (κ3) is 3.52. The molecule has 208 valence electrons. The number of hydrogen-bond donors (Lipinski definition) is 0. The van der Waals surface area contributed by atoms with E-state index in [1.807, 2.05) is 6.07 Å². The predicted octanol–water partition coefficient (Wildman–Crippen LogP) is 9.21. The monoisotopic (exact) mass is 572 g/mol. The molecule has 0 spiro atoms. The van der Waals surface area contributed by atoms with Crippen LogP contribution in [-0.2, 0) is 0 Å². The van der Waals surface area contributed by atoms with Gasteiger partial charge in [0.25, 0.3) is 6.71 Å². The first-order chi connectivity index (χ1) is 22.3. The minimum atomic E-state index is 0.0118. The van der Waals surface area contributed by atoms with Crippen molar-refractivity contribution >= 4 is 55.4 Å². The third-order valence-electron chi connectivity index (χ3n) is 9.58. The second-order valence-electron chi connectivity index (χ2n) is 12.0. The molecule has 0 amide bonds. The Hall–Kier alpha value is -5.80. The van der Waals surface area contributed by atoms with Gasteiger partial charge in [0, 0.05) is 5.46 Å². The fourth-order valence-corrected chi connectivity index (χ4v) is 7.71. The number of rotatable bonds is 2. The molecule has 0 aliphatic carbocycles.